The van der Waals surface area contributed by atoms with E-state index in [0.717, 1.165) is 11.1 Å². The van der Waals surface area contributed by atoms with Crippen LogP contribution >= 0.6 is 11.6 Å². The van der Waals surface area contributed by atoms with E-state index in [4.69, 9.17) is 11.6 Å². The summed E-state index contributed by atoms with van der Waals surface area (Å²) in [6.45, 7) is 0. The number of carbonyl (C=O) groups excluding carboxylic acids is 1. The van der Waals surface area contributed by atoms with E-state index in [1.54, 1.807) is 30.3 Å². The molecule has 4 heteroatoms. The van der Waals surface area contributed by atoms with Crippen molar-refractivity contribution >= 4 is 28.8 Å². The highest BCUT2D eigenvalue weighted by molar-refractivity contribution is 6.53. The summed E-state index contributed by atoms with van der Waals surface area (Å²) in [6.07, 6.45) is 0. The van der Waals surface area contributed by atoms with Crippen LogP contribution in [0.3, 0.4) is 0 Å². The van der Waals surface area contributed by atoms with Crippen molar-refractivity contribution in [1.29, 1.82) is 0 Å². The van der Waals surface area contributed by atoms with Crippen LogP contribution in [0, 0.1) is 5.21 Å². The molecule has 3 aromatic carbocycles. The van der Waals surface area contributed by atoms with Gasteiger partial charge in [0.2, 0.25) is 5.69 Å². The summed E-state index contributed by atoms with van der Waals surface area (Å²) in [7, 11) is 0. The van der Waals surface area contributed by atoms with E-state index < -0.39 is 0 Å². The van der Waals surface area contributed by atoms with Crippen LogP contribution < -0.4 is 0 Å². The molecule has 3 aromatic rings. The largest absolute Gasteiger partial charge is 0.618 e. The molecule has 1 aliphatic heterocycles. The van der Waals surface area contributed by atoms with Crippen LogP contribution in [0.25, 0.3) is 11.1 Å². The van der Waals surface area contributed by atoms with Gasteiger partial charge in [0.05, 0.1) is 5.56 Å². The number of ketones is 1. The van der Waals surface area contributed by atoms with Gasteiger partial charge < -0.3 is 5.21 Å². The first-order valence-electron chi connectivity index (χ1n) is 7.50. The molecule has 0 saturated carbocycles. The highest BCUT2D eigenvalue weighted by Gasteiger charge is 2.38. The van der Waals surface area contributed by atoms with Crippen LogP contribution in [0.5, 0.6) is 0 Å². The lowest BCUT2D eigenvalue weighted by atomic mass is 9.99. The van der Waals surface area contributed by atoms with Gasteiger partial charge in [0.15, 0.2) is 0 Å². The molecule has 0 spiro atoms. The molecule has 3 nitrogen and oxygen atoms in total. The van der Waals surface area contributed by atoms with Crippen LogP contribution in [-0.2, 0) is 0 Å². The summed E-state index contributed by atoms with van der Waals surface area (Å²) in [4.78, 5) is 12.6. The van der Waals surface area contributed by atoms with E-state index in [2.05, 4.69) is 0 Å². The van der Waals surface area contributed by atoms with Gasteiger partial charge in [0, 0.05) is 0 Å². The maximum Gasteiger partial charge on any atom is 0.272 e. The third kappa shape index (κ3) is 2.22. The highest BCUT2D eigenvalue weighted by atomic mass is 35.5. The minimum absolute atomic E-state index is 0.109. The number of fused-ring (bicyclic) bond motifs is 1. The predicted molar refractivity (Wildman–Crippen MR) is 95.1 cm³/mol. The Balaban J connectivity index is 1.78. The Labute approximate surface area is 144 Å². The molecule has 4 rings (SSSR count). The molecule has 0 bridgehead atoms. The monoisotopic (exact) mass is 333 g/mol. The zero-order chi connectivity index (χ0) is 16.7. The van der Waals surface area contributed by atoms with Gasteiger partial charge in [0.1, 0.15) is 10.6 Å². The molecule has 1 aliphatic rings. The van der Waals surface area contributed by atoms with Crippen LogP contribution in [0.1, 0.15) is 15.9 Å². The molecule has 0 amide bonds. The third-order valence-corrected chi connectivity index (χ3v) is 4.42. The summed E-state index contributed by atoms with van der Waals surface area (Å²) in [5.74, 6) is -0.296. The summed E-state index contributed by atoms with van der Waals surface area (Å²) < 4.78 is 0.636. The van der Waals surface area contributed by atoms with E-state index in [9.17, 15) is 10.0 Å². The number of benzene rings is 3. The van der Waals surface area contributed by atoms with Gasteiger partial charge in [0.25, 0.3) is 11.5 Å². The first kappa shape index (κ1) is 14.7. The second-order valence-electron chi connectivity index (χ2n) is 5.55. The van der Waals surface area contributed by atoms with Crippen molar-refractivity contribution in [3.05, 3.63) is 94.2 Å². The maximum atomic E-state index is 12.6. The zero-order valence-electron chi connectivity index (χ0n) is 12.6. The van der Waals surface area contributed by atoms with Crippen molar-refractivity contribution in [2.75, 3.05) is 0 Å². The normalized spacial score (nSPS) is 13.3. The second-order valence-corrected chi connectivity index (χ2v) is 5.96. The molecular formula is C20H12ClNO2. The van der Waals surface area contributed by atoms with E-state index >= 15 is 0 Å². The van der Waals surface area contributed by atoms with Gasteiger partial charge in [-0.05, 0) is 35.4 Å². The Morgan fingerprint density at radius 1 is 0.750 bits per heavy atom. The molecule has 0 saturated heterocycles. The number of Topliss-reactive ketones (excluding diaryl/α,β-unsaturated/α-hetero) is 1. The van der Waals surface area contributed by atoms with Crippen molar-refractivity contribution in [3.8, 4) is 11.1 Å². The van der Waals surface area contributed by atoms with E-state index in [1.165, 1.54) is 0 Å². The number of halogens is 1. The van der Waals surface area contributed by atoms with E-state index in [1.807, 2.05) is 42.5 Å². The molecule has 24 heavy (non-hydrogen) atoms. The molecule has 0 N–H and O–H groups in total. The summed E-state index contributed by atoms with van der Waals surface area (Å²) in [5, 5.41) is 12.8. The van der Waals surface area contributed by atoms with Crippen LogP contribution in [-0.4, -0.2) is 16.2 Å². The molecular weight excluding hydrogens is 322 g/mol. The summed E-state index contributed by atoms with van der Waals surface area (Å²) in [5.41, 5.74) is 3.38. The SMILES string of the molecule is O=C1C(c2ccc(-c3ccccc3)cc2)=[N+]([O-])c2c(Cl)cccc21. The van der Waals surface area contributed by atoms with Crippen molar-refractivity contribution < 1.29 is 9.53 Å². The standard InChI is InChI=1S/C20H12ClNO2/c21-17-8-4-7-16-19(17)22(24)18(20(16)23)15-11-9-14(10-12-15)13-5-2-1-3-6-13/h1-12H. The predicted octanol–water partition coefficient (Wildman–Crippen LogP) is 4.83. The molecule has 0 atom stereocenters. The average molecular weight is 334 g/mol. The van der Waals surface area contributed by atoms with Crippen molar-refractivity contribution in [2.45, 2.75) is 0 Å². The lowest BCUT2D eigenvalue weighted by Gasteiger charge is -2.05. The minimum atomic E-state index is -0.296. The Bertz CT molecular complexity index is 976. The van der Waals surface area contributed by atoms with Gasteiger partial charge in [-0.3, -0.25) is 4.79 Å². The Morgan fingerprint density at radius 3 is 2.04 bits per heavy atom. The summed E-state index contributed by atoms with van der Waals surface area (Å²) in [6, 6.07) is 22.2. The molecule has 0 unspecified atom stereocenters. The Morgan fingerprint density at radius 2 is 1.38 bits per heavy atom. The van der Waals surface area contributed by atoms with E-state index in [-0.39, 0.29) is 22.2 Å². The fourth-order valence-corrected chi connectivity index (χ4v) is 3.19. The number of nitrogens with zero attached hydrogens (tertiary/aromatic N) is 1. The average Bonchev–Trinajstić information content (AvgIpc) is 2.88. The van der Waals surface area contributed by atoms with Gasteiger partial charge >= 0.3 is 0 Å². The highest BCUT2D eigenvalue weighted by Crippen LogP contribution is 2.34. The van der Waals surface area contributed by atoms with Crippen LogP contribution in [0.4, 0.5) is 5.69 Å². The topological polar surface area (TPSA) is 43.1 Å². The van der Waals surface area contributed by atoms with Crippen LogP contribution in [0.15, 0.2) is 72.8 Å². The molecule has 1 heterocycles. The minimum Gasteiger partial charge on any atom is -0.618 e. The maximum absolute atomic E-state index is 12.6. The van der Waals surface area contributed by atoms with Gasteiger partial charge in [-0.2, -0.15) is 4.74 Å². The number of hydrogen-bond donors (Lipinski definition) is 0. The fourth-order valence-electron chi connectivity index (χ4n) is 2.94. The van der Waals surface area contributed by atoms with Crippen LogP contribution in [0.2, 0.25) is 5.02 Å². The van der Waals surface area contributed by atoms with E-state index in [0.29, 0.717) is 15.9 Å². The second kappa shape index (κ2) is 5.62. The molecule has 0 aromatic heterocycles. The Hall–Kier alpha value is -2.91. The number of rotatable bonds is 2. The lowest BCUT2D eigenvalue weighted by molar-refractivity contribution is -0.355. The molecule has 116 valence electrons. The van der Waals surface area contributed by atoms with Gasteiger partial charge in [-0.1, -0.05) is 60.1 Å². The molecule has 0 fully saturated rings. The lowest BCUT2D eigenvalue weighted by Crippen LogP contribution is -2.16. The Kier molecular flexibility index (Phi) is 3.44. The first-order chi connectivity index (χ1) is 11.7. The van der Waals surface area contributed by atoms with Crippen molar-refractivity contribution in [2.24, 2.45) is 0 Å². The smallest absolute Gasteiger partial charge is 0.272 e. The quantitative estimate of drug-likeness (QED) is 0.497. The zero-order valence-corrected chi connectivity index (χ0v) is 13.3. The van der Waals surface area contributed by atoms with Crippen molar-refractivity contribution in [3.63, 3.8) is 0 Å². The first-order valence-corrected chi connectivity index (χ1v) is 7.88. The number of para-hydroxylation sites is 1. The fraction of sp³-hybridized carbons (Fsp3) is 0. The number of carbonyl (C=O) groups is 1. The van der Waals surface area contributed by atoms with Gasteiger partial charge in [-0.25, -0.2) is 0 Å². The molecule has 0 radical (unpaired) electrons. The summed E-state index contributed by atoms with van der Waals surface area (Å²) >= 11 is 6.08. The third-order valence-electron chi connectivity index (χ3n) is 4.12. The number of hydrogen-bond acceptors (Lipinski definition) is 2. The molecule has 0 aliphatic carbocycles. The van der Waals surface area contributed by atoms with Gasteiger partial charge in [-0.15, -0.1) is 0 Å². The van der Waals surface area contributed by atoms with Crippen molar-refractivity contribution in [1.82, 2.24) is 0 Å².